The topological polar surface area (TPSA) is 59.0 Å². The number of nitrogens with zero attached hydrogens (tertiary/aromatic N) is 2. The van der Waals surface area contributed by atoms with Crippen molar-refractivity contribution in [2.75, 3.05) is 11.5 Å². The molecule has 1 amide bonds. The van der Waals surface area contributed by atoms with E-state index in [1.807, 2.05) is 12.1 Å². The first-order valence-corrected chi connectivity index (χ1v) is 8.51. The molecule has 1 aliphatic rings. The molecule has 2 aromatic carbocycles. The first-order valence-electron chi connectivity index (χ1n) is 8.14. The molecule has 0 spiro atoms. The minimum atomic E-state index is -0.388. The second kappa shape index (κ2) is 7.54. The second-order valence-electron chi connectivity index (χ2n) is 5.65. The van der Waals surface area contributed by atoms with E-state index >= 15 is 0 Å². The lowest BCUT2D eigenvalue weighted by molar-refractivity contribution is -0.113. The second-order valence-corrected chi connectivity index (χ2v) is 6.08. The lowest BCUT2D eigenvalue weighted by Gasteiger charge is -2.16. The van der Waals surface area contributed by atoms with Crippen LogP contribution in [0, 0.1) is 0 Å². The van der Waals surface area contributed by atoms with Crippen LogP contribution in [0.5, 0.6) is 0 Å². The molecule has 5 nitrogen and oxygen atoms in total. The summed E-state index contributed by atoms with van der Waals surface area (Å²) in [4.78, 5) is 30.3. The molecule has 0 saturated carbocycles. The van der Waals surface area contributed by atoms with Crippen molar-refractivity contribution in [1.82, 2.24) is 0 Å². The van der Waals surface area contributed by atoms with Gasteiger partial charge in [-0.2, -0.15) is 0 Å². The van der Waals surface area contributed by atoms with Crippen molar-refractivity contribution in [2.45, 2.75) is 13.8 Å². The quantitative estimate of drug-likeness (QED) is 0.596. The predicted octanol–water partition coefficient (Wildman–Crippen LogP) is 4.32. The Kier molecular flexibility index (Phi) is 5.19. The summed E-state index contributed by atoms with van der Waals surface area (Å²) in [5.41, 5.74) is 2.27. The number of carbonyl (C=O) groups excluding carboxylic acids is 2. The Bertz CT molecular complexity index is 900. The summed E-state index contributed by atoms with van der Waals surface area (Å²) in [5.74, 6) is -0.0408. The van der Waals surface area contributed by atoms with Crippen molar-refractivity contribution in [3.63, 3.8) is 0 Å². The van der Waals surface area contributed by atoms with Crippen LogP contribution in [-0.2, 0) is 9.53 Å². The lowest BCUT2D eigenvalue weighted by atomic mass is 10.1. The molecular weight excluding hydrogens is 352 g/mol. The van der Waals surface area contributed by atoms with Crippen LogP contribution >= 0.6 is 11.6 Å². The zero-order chi connectivity index (χ0) is 18.7. The van der Waals surface area contributed by atoms with Gasteiger partial charge in [0.1, 0.15) is 11.5 Å². The van der Waals surface area contributed by atoms with Crippen molar-refractivity contribution in [3.05, 3.63) is 70.4 Å². The van der Waals surface area contributed by atoms with E-state index in [1.54, 1.807) is 56.3 Å². The largest absolute Gasteiger partial charge is 0.462 e. The van der Waals surface area contributed by atoms with E-state index in [4.69, 9.17) is 16.3 Å². The van der Waals surface area contributed by atoms with Crippen LogP contribution in [0.15, 0.2) is 59.2 Å². The van der Waals surface area contributed by atoms with Crippen LogP contribution in [-0.4, -0.2) is 24.3 Å². The van der Waals surface area contributed by atoms with Crippen molar-refractivity contribution >= 4 is 41.1 Å². The highest BCUT2D eigenvalue weighted by Gasteiger charge is 2.29. The number of carbonyl (C=O) groups is 2. The number of hydrogen-bond acceptors (Lipinski definition) is 4. The van der Waals surface area contributed by atoms with E-state index < -0.39 is 0 Å². The minimum absolute atomic E-state index is 0.221. The zero-order valence-corrected chi connectivity index (χ0v) is 15.2. The molecule has 1 heterocycles. The van der Waals surface area contributed by atoms with Gasteiger partial charge in [0.25, 0.3) is 5.91 Å². The SMILES string of the molecule is CCOC(=O)c1ccc(N2C(=O)C(=Cc3ccc(Cl)cc3)N=C2C)cc1. The third kappa shape index (κ3) is 3.68. The van der Waals surface area contributed by atoms with Gasteiger partial charge < -0.3 is 4.74 Å². The summed E-state index contributed by atoms with van der Waals surface area (Å²) >= 11 is 5.88. The number of amidine groups is 1. The molecule has 2 aromatic rings. The van der Waals surface area contributed by atoms with Crippen molar-refractivity contribution < 1.29 is 14.3 Å². The van der Waals surface area contributed by atoms with Gasteiger partial charge in [-0.1, -0.05) is 23.7 Å². The number of aliphatic imine (C=N–C) groups is 1. The number of benzene rings is 2. The first-order chi connectivity index (χ1) is 12.5. The van der Waals surface area contributed by atoms with Crippen LogP contribution in [0.3, 0.4) is 0 Å². The van der Waals surface area contributed by atoms with Crippen LogP contribution in [0.2, 0.25) is 5.02 Å². The van der Waals surface area contributed by atoms with E-state index in [2.05, 4.69) is 4.99 Å². The number of ether oxygens (including phenoxy) is 1. The highest BCUT2D eigenvalue weighted by Crippen LogP contribution is 2.25. The summed E-state index contributed by atoms with van der Waals surface area (Å²) in [6, 6.07) is 13.8. The molecule has 6 heteroatoms. The van der Waals surface area contributed by atoms with Crippen LogP contribution in [0.1, 0.15) is 29.8 Å². The van der Waals surface area contributed by atoms with Crippen molar-refractivity contribution in [3.8, 4) is 0 Å². The van der Waals surface area contributed by atoms with Crippen LogP contribution < -0.4 is 4.90 Å². The zero-order valence-electron chi connectivity index (χ0n) is 14.4. The average molecular weight is 369 g/mol. The highest BCUT2D eigenvalue weighted by atomic mass is 35.5. The summed E-state index contributed by atoms with van der Waals surface area (Å²) in [6.07, 6.45) is 1.72. The summed E-state index contributed by atoms with van der Waals surface area (Å²) in [5, 5.41) is 0.632. The Morgan fingerprint density at radius 3 is 2.42 bits per heavy atom. The van der Waals surface area contributed by atoms with Gasteiger partial charge in [0.2, 0.25) is 0 Å². The number of halogens is 1. The normalized spacial score (nSPS) is 15.3. The molecule has 0 fully saturated rings. The smallest absolute Gasteiger partial charge is 0.338 e. The Hall–Kier alpha value is -2.92. The maximum Gasteiger partial charge on any atom is 0.338 e. The summed E-state index contributed by atoms with van der Waals surface area (Å²) in [7, 11) is 0. The highest BCUT2D eigenvalue weighted by molar-refractivity contribution is 6.30. The van der Waals surface area contributed by atoms with E-state index in [0.717, 1.165) is 5.56 Å². The third-order valence-corrected chi connectivity index (χ3v) is 4.09. The molecule has 0 bridgehead atoms. The molecule has 26 heavy (non-hydrogen) atoms. The Balaban J connectivity index is 1.84. The standard InChI is InChI=1S/C20H17ClN2O3/c1-3-26-20(25)15-6-10-17(11-7-15)23-13(2)22-18(19(23)24)12-14-4-8-16(21)9-5-14/h4-12H,3H2,1-2H3. The van der Waals surface area contributed by atoms with Crippen molar-refractivity contribution in [1.29, 1.82) is 0 Å². The minimum Gasteiger partial charge on any atom is -0.462 e. The van der Waals surface area contributed by atoms with Crippen LogP contribution in [0.4, 0.5) is 5.69 Å². The summed E-state index contributed by atoms with van der Waals surface area (Å²) in [6.45, 7) is 3.83. The molecule has 0 N–H and O–H groups in total. The molecule has 0 radical (unpaired) electrons. The van der Waals surface area contributed by atoms with E-state index in [0.29, 0.717) is 34.4 Å². The van der Waals surface area contributed by atoms with Gasteiger partial charge in [0.15, 0.2) is 0 Å². The van der Waals surface area contributed by atoms with E-state index in [1.165, 1.54) is 4.90 Å². The predicted molar refractivity (Wildman–Crippen MR) is 102 cm³/mol. The van der Waals surface area contributed by atoms with E-state index in [-0.39, 0.29) is 11.9 Å². The van der Waals surface area contributed by atoms with Gasteiger partial charge in [0.05, 0.1) is 17.9 Å². The first kappa shape index (κ1) is 17.9. The molecule has 0 saturated heterocycles. The molecule has 1 aliphatic heterocycles. The maximum absolute atomic E-state index is 12.7. The fourth-order valence-corrected chi connectivity index (χ4v) is 2.74. The number of amides is 1. The molecule has 0 atom stereocenters. The summed E-state index contributed by atoms with van der Waals surface area (Å²) < 4.78 is 4.97. The van der Waals surface area contributed by atoms with Crippen molar-refractivity contribution in [2.24, 2.45) is 4.99 Å². The van der Waals surface area contributed by atoms with Gasteiger partial charge in [-0.05, 0) is 61.9 Å². The molecule has 0 aromatic heterocycles. The third-order valence-electron chi connectivity index (χ3n) is 3.84. The molecule has 0 aliphatic carbocycles. The fourth-order valence-electron chi connectivity index (χ4n) is 2.61. The molecule has 3 rings (SSSR count). The van der Waals surface area contributed by atoms with Gasteiger partial charge >= 0.3 is 5.97 Å². The lowest BCUT2D eigenvalue weighted by Crippen LogP contribution is -2.30. The Morgan fingerprint density at radius 1 is 1.15 bits per heavy atom. The van der Waals surface area contributed by atoms with E-state index in [9.17, 15) is 9.59 Å². The van der Waals surface area contributed by atoms with Crippen LogP contribution in [0.25, 0.3) is 6.08 Å². The number of esters is 1. The Morgan fingerprint density at radius 2 is 1.81 bits per heavy atom. The van der Waals surface area contributed by atoms with Gasteiger partial charge in [-0.25, -0.2) is 9.79 Å². The molecule has 0 unspecified atom stereocenters. The fraction of sp³-hybridized carbons (Fsp3) is 0.150. The molecule has 132 valence electrons. The number of anilines is 1. The monoisotopic (exact) mass is 368 g/mol. The van der Waals surface area contributed by atoms with Gasteiger partial charge in [-0.15, -0.1) is 0 Å². The van der Waals surface area contributed by atoms with Gasteiger partial charge in [-0.3, -0.25) is 9.69 Å². The number of hydrogen-bond donors (Lipinski definition) is 0. The molecular formula is C20H17ClN2O3. The Labute approximate surface area is 156 Å². The maximum atomic E-state index is 12.7. The average Bonchev–Trinajstić information content (AvgIpc) is 2.91. The number of rotatable bonds is 4. The van der Waals surface area contributed by atoms with Gasteiger partial charge in [0, 0.05) is 5.02 Å².